The van der Waals surface area contributed by atoms with E-state index in [2.05, 4.69) is 15.6 Å². The maximum Gasteiger partial charge on any atom is 0.244 e. The van der Waals surface area contributed by atoms with Crippen molar-refractivity contribution in [3.05, 3.63) is 78.4 Å². The maximum atomic E-state index is 13.2. The van der Waals surface area contributed by atoms with Gasteiger partial charge in [0.25, 0.3) is 0 Å². The molecule has 7 nitrogen and oxygen atoms in total. The van der Waals surface area contributed by atoms with Crippen LogP contribution < -0.4 is 10.6 Å². The van der Waals surface area contributed by atoms with Gasteiger partial charge >= 0.3 is 0 Å². The Morgan fingerprint density at radius 2 is 1.97 bits per heavy atom. The molecule has 0 fully saturated rings. The molecular weight excluding hydrogens is 375 g/mol. The van der Waals surface area contributed by atoms with E-state index in [-0.39, 0.29) is 18.9 Å². The number of hydrogen-bond donors (Lipinski definition) is 2. The second kappa shape index (κ2) is 7.97. The van der Waals surface area contributed by atoms with Crippen LogP contribution in [0.3, 0.4) is 0 Å². The number of carbonyl (C=O) groups is 2. The van der Waals surface area contributed by atoms with E-state index in [1.165, 1.54) is 24.5 Å². The average Bonchev–Trinajstić information content (AvgIpc) is 3.35. The Balaban J connectivity index is 1.45. The molecule has 2 N–H and O–H groups in total. The summed E-state index contributed by atoms with van der Waals surface area (Å²) in [5, 5.41) is 5.32. The number of aromatic nitrogens is 2. The summed E-state index contributed by atoms with van der Waals surface area (Å²) in [5.41, 5.74) is 1.66. The summed E-state index contributed by atoms with van der Waals surface area (Å²) in [4.78, 5) is 29.0. The predicted octanol–water partition coefficient (Wildman–Crippen LogP) is 3.03. The van der Waals surface area contributed by atoms with E-state index in [0.29, 0.717) is 28.5 Å². The number of benzene rings is 1. The number of anilines is 1. The number of carbonyl (C=O) groups excluding carboxylic acids is 2. The van der Waals surface area contributed by atoms with Gasteiger partial charge in [0.2, 0.25) is 11.8 Å². The zero-order chi connectivity index (χ0) is 20.2. The minimum absolute atomic E-state index is 0.0156. The Hall–Kier alpha value is -3.94. The highest BCUT2D eigenvalue weighted by molar-refractivity contribution is 5.97. The van der Waals surface area contributed by atoms with Gasteiger partial charge in [-0.1, -0.05) is 18.2 Å². The van der Waals surface area contributed by atoms with E-state index in [4.69, 9.17) is 4.42 Å². The number of nitrogens with one attached hydrogen (secondary N) is 2. The van der Waals surface area contributed by atoms with Crippen LogP contribution in [0.4, 0.5) is 10.2 Å². The Morgan fingerprint density at radius 3 is 2.76 bits per heavy atom. The van der Waals surface area contributed by atoms with Crippen LogP contribution in [-0.2, 0) is 16.0 Å². The number of furan rings is 1. The quantitative estimate of drug-likeness (QED) is 0.528. The van der Waals surface area contributed by atoms with Crippen LogP contribution in [0.15, 0.2) is 71.5 Å². The third-order valence-electron chi connectivity index (χ3n) is 4.24. The highest BCUT2D eigenvalue weighted by atomic mass is 19.1. The average molecular weight is 392 g/mol. The van der Waals surface area contributed by atoms with E-state index in [1.54, 1.807) is 28.8 Å². The normalized spacial score (nSPS) is 10.8. The second-order valence-electron chi connectivity index (χ2n) is 6.35. The van der Waals surface area contributed by atoms with Crippen molar-refractivity contribution in [3.63, 3.8) is 0 Å². The standard InChI is InChI=1S/C21H17FN4O3/c22-15-6-3-5-14(11-15)12-18(27)23-13-19(28)25-21-20(16-7-4-10-29-16)24-17-8-1-2-9-26(17)21/h1-11H,12-13H2,(H,23,27)(H,25,28). The molecule has 29 heavy (non-hydrogen) atoms. The molecule has 0 atom stereocenters. The Labute approximate surface area is 165 Å². The lowest BCUT2D eigenvalue weighted by Gasteiger charge is -2.08. The van der Waals surface area contributed by atoms with Crippen LogP contribution in [0, 0.1) is 5.82 Å². The van der Waals surface area contributed by atoms with Gasteiger partial charge in [-0.25, -0.2) is 9.37 Å². The Kier molecular flexibility index (Phi) is 5.07. The van der Waals surface area contributed by atoms with Crippen molar-refractivity contribution in [2.24, 2.45) is 0 Å². The van der Waals surface area contributed by atoms with E-state index < -0.39 is 11.7 Å². The molecule has 1 aromatic carbocycles. The predicted molar refractivity (Wildman–Crippen MR) is 105 cm³/mol. The summed E-state index contributed by atoms with van der Waals surface area (Å²) in [6.07, 6.45) is 3.28. The topological polar surface area (TPSA) is 88.6 Å². The van der Waals surface area contributed by atoms with Crippen molar-refractivity contribution in [1.82, 2.24) is 14.7 Å². The Bertz CT molecular complexity index is 1170. The molecule has 2 amide bonds. The molecule has 0 spiro atoms. The summed E-state index contributed by atoms with van der Waals surface area (Å²) < 4.78 is 20.4. The zero-order valence-electron chi connectivity index (χ0n) is 15.3. The van der Waals surface area contributed by atoms with Crippen LogP contribution in [0.2, 0.25) is 0 Å². The molecule has 0 radical (unpaired) electrons. The van der Waals surface area contributed by atoms with Crippen molar-refractivity contribution in [1.29, 1.82) is 0 Å². The molecular formula is C21H17FN4O3. The van der Waals surface area contributed by atoms with E-state index in [9.17, 15) is 14.0 Å². The van der Waals surface area contributed by atoms with Crippen LogP contribution >= 0.6 is 0 Å². The van der Waals surface area contributed by atoms with E-state index >= 15 is 0 Å². The van der Waals surface area contributed by atoms with Gasteiger partial charge in [-0.15, -0.1) is 0 Å². The maximum absolute atomic E-state index is 13.2. The molecule has 8 heteroatoms. The molecule has 0 bridgehead atoms. The summed E-state index contributed by atoms with van der Waals surface area (Å²) >= 11 is 0. The molecule has 3 aromatic heterocycles. The van der Waals surface area contributed by atoms with Gasteiger partial charge in [0.15, 0.2) is 5.76 Å². The van der Waals surface area contributed by atoms with Crippen LogP contribution in [0.5, 0.6) is 0 Å². The lowest BCUT2D eigenvalue weighted by Crippen LogP contribution is -2.34. The summed E-state index contributed by atoms with van der Waals surface area (Å²) in [7, 11) is 0. The molecule has 3 heterocycles. The first-order chi connectivity index (χ1) is 14.1. The van der Waals surface area contributed by atoms with Gasteiger partial charge in [-0.3, -0.25) is 14.0 Å². The van der Waals surface area contributed by atoms with Gasteiger partial charge in [-0.2, -0.15) is 0 Å². The number of fused-ring (bicyclic) bond motifs is 1. The lowest BCUT2D eigenvalue weighted by atomic mass is 10.1. The number of imidazole rings is 1. The lowest BCUT2D eigenvalue weighted by molar-refractivity contribution is -0.123. The van der Waals surface area contributed by atoms with Crippen molar-refractivity contribution in [2.75, 3.05) is 11.9 Å². The second-order valence-corrected chi connectivity index (χ2v) is 6.35. The number of rotatable bonds is 6. The highest BCUT2D eigenvalue weighted by Crippen LogP contribution is 2.28. The van der Waals surface area contributed by atoms with Crippen molar-refractivity contribution < 1.29 is 18.4 Å². The fourth-order valence-corrected chi connectivity index (χ4v) is 2.95. The first-order valence-corrected chi connectivity index (χ1v) is 8.92. The van der Waals surface area contributed by atoms with Gasteiger partial charge in [0.05, 0.1) is 19.2 Å². The smallest absolute Gasteiger partial charge is 0.244 e. The van der Waals surface area contributed by atoms with Crippen molar-refractivity contribution in [2.45, 2.75) is 6.42 Å². The van der Waals surface area contributed by atoms with Crippen LogP contribution in [0.25, 0.3) is 17.1 Å². The fourth-order valence-electron chi connectivity index (χ4n) is 2.95. The number of amides is 2. The largest absolute Gasteiger partial charge is 0.463 e. The number of pyridine rings is 1. The van der Waals surface area contributed by atoms with Gasteiger partial charge < -0.3 is 15.1 Å². The van der Waals surface area contributed by atoms with Crippen LogP contribution in [0.1, 0.15) is 5.56 Å². The highest BCUT2D eigenvalue weighted by Gasteiger charge is 2.18. The minimum atomic E-state index is -0.420. The fraction of sp³-hybridized carbons (Fsp3) is 0.0952. The first kappa shape index (κ1) is 18.4. The SMILES string of the molecule is O=C(Cc1cccc(F)c1)NCC(=O)Nc1c(-c2ccco2)nc2ccccn12. The molecule has 4 aromatic rings. The molecule has 0 aliphatic rings. The molecule has 4 rings (SSSR count). The van der Waals surface area contributed by atoms with Crippen molar-refractivity contribution >= 4 is 23.3 Å². The summed E-state index contributed by atoms with van der Waals surface area (Å²) in [6, 6.07) is 14.7. The molecule has 0 aliphatic carbocycles. The minimum Gasteiger partial charge on any atom is -0.463 e. The zero-order valence-corrected chi connectivity index (χ0v) is 15.3. The number of halogens is 1. The third-order valence-corrected chi connectivity index (χ3v) is 4.24. The molecule has 0 aliphatic heterocycles. The molecule has 146 valence electrons. The number of nitrogens with zero attached hydrogens (tertiary/aromatic N) is 2. The molecule has 0 saturated carbocycles. The molecule has 0 unspecified atom stereocenters. The Morgan fingerprint density at radius 1 is 1.07 bits per heavy atom. The first-order valence-electron chi connectivity index (χ1n) is 8.92. The number of hydrogen-bond acceptors (Lipinski definition) is 4. The van der Waals surface area contributed by atoms with Crippen LogP contribution in [-0.4, -0.2) is 27.7 Å². The monoisotopic (exact) mass is 392 g/mol. The summed E-state index contributed by atoms with van der Waals surface area (Å²) in [5.74, 6) is -0.253. The van der Waals surface area contributed by atoms with E-state index in [1.807, 2.05) is 18.2 Å². The summed E-state index contributed by atoms with van der Waals surface area (Å²) in [6.45, 7) is -0.230. The van der Waals surface area contributed by atoms with E-state index in [0.717, 1.165) is 0 Å². The van der Waals surface area contributed by atoms with Crippen molar-refractivity contribution in [3.8, 4) is 11.5 Å². The van der Waals surface area contributed by atoms with Gasteiger partial charge in [0, 0.05) is 6.20 Å². The molecule has 0 saturated heterocycles. The van der Waals surface area contributed by atoms with Gasteiger partial charge in [0.1, 0.15) is 23.0 Å². The third kappa shape index (κ3) is 4.16. The van der Waals surface area contributed by atoms with Gasteiger partial charge in [-0.05, 0) is 42.0 Å².